The van der Waals surface area contributed by atoms with Crippen LogP contribution in [0.2, 0.25) is 5.02 Å². The normalized spacial score (nSPS) is 17.4. The summed E-state index contributed by atoms with van der Waals surface area (Å²) in [4.78, 5) is 37.4. The molecule has 2 heterocycles. The SMILES string of the molecule is C[C@@H]1CC(NCCCCl)c2c(C(=O)NCc3cccc(Cl)c3F)c(=O)c(O)c(C=O)n21. The van der Waals surface area contributed by atoms with Gasteiger partial charge in [0.1, 0.15) is 17.1 Å². The number of aromatic nitrogens is 1. The summed E-state index contributed by atoms with van der Waals surface area (Å²) >= 11 is 11.5. The second-order valence-corrected chi connectivity index (χ2v) is 8.13. The molecule has 0 spiro atoms. The molecule has 1 aromatic heterocycles. The van der Waals surface area contributed by atoms with Crippen LogP contribution < -0.4 is 16.1 Å². The van der Waals surface area contributed by atoms with Gasteiger partial charge in [-0.2, -0.15) is 0 Å². The number of rotatable bonds is 8. The molecule has 1 aromatic carbocycles. The Labute approximate surface area is 188 Å². The van der Waals surface area contributed by atoms with Crippen molar-refractivity contribution < 1.29 is 19.1 Å². The van der Waals surface area contributed by atoms with Gasteiger partial charge in [-0.15, -0.1) is 11.6 Å². The number of hydrogen-bond donors (Lipinski definition) is 3. The Balaban J connectivity index is 2.02. The molecule has 3 N–H and O–H groups in total. The first-order valence-electron chi connectivity index (χ1n) is 9.78. The molecule has 10 heteroatoms. The van der Waals surface area contributed by atoms with Gasteiger partial charge in [0.25, 0.3) is 5.91 Å². The molecule has 0 radical (unpaired) electrons. The van der Waals surface area contributed by atoms with E-state index in [0.717, 1.165) is 0 Å². The lowest BCUT2D eigenvalue weighted by molar-refractivity contribution is 0.0945. The van der Waals surface area contributed by atoms with Gasteiger partial charge in [0.05, 0.1) is 16.8 Å². The molecule has 166 valence electrons. The van der Waals surface area contributed by atoms with Crippen molar-refractivity contribution in [2.24, 2.45) is 0 Å². The first kappa shape index (κ1) is 23.2. The summed E-state index contributed by atoms with van der Waals surface area (Å²) in [6.45, 7) is 2.16. The fourth-order valence-corrected chi connectivity index (χ4v) is 4.22. The molecule has 7 nitrogen and oxygen atoms in total. The first-order valence-corrected chi connectivity index (χ1v) is 10.7. The highest BCUT2D eigenvalue weighted by atomic mass is 35.5. The summed E-state index contributed by atoms with van der Waals surface area (Å²) in [5, 5.41) is 16.0. The van der Waals surface area contributed by atoms with Crippen molar-refractivity contribution in [1.82, 2.24) is 15.2 Å². The summed E-state index contributed by atoms with van der Waals surface area (Å²) in [6.07, 6.45) is 1.58. The van der Waals surface area contributed by atoms with E-state index < -0.39 is 28.9 Å². The number of amides is 1. The second kappa shape index (κ2) is 9.80. The lowest BCUT2D eigenvalue weighted by Crippen LogP contribution is -2.34. The molecule has 0 aliphatic carbocycles. The summed E-state index contributed by atoms with van der Waals surface area (Å²) < 4.78 is 15.7. The maximum Gasteiger partial charge on any atom is 0.257 e. The third-order valence-electron chi connectivity index (χ3n) is 5.32. The number of aldehydes is 1. The van der Waals surface area contributed by atoms with Gasteiger partial charge in [0.15, 0.2) is 12.0 Å². The number of carbonyl (C=O) groups excluding carboxylic acids is 2. The minimum absolute atomic E-state index is 0.0851. The molecule has 0 fully saturated rings. The van der Waals surface area contributed by atoms with E-state index in [-0.39, 0.29) is 34.4 Å². The van der Waals surface area contributed by atoms with Crippen LogP contribution in [0.5, 0.6) is 5.75 Å². The zero-order valence-electron chi connectivity index (χ0n) is 16.8. The van der Waals surface area contributed by atoms with Gasteiger partial charge in [0.2, 0.25) is 5.43 Å². The summed E-state index contributed by atoms with van der Waals surface area (Å²) in [7, 11) is 0. The Kier molecular flexibility index (Phi) is 7.35. The van der Waals surface area contributed by atoms with Crippen LogP contribution >= 0.6 is 23.2 Å². The van der Waals surface area contributed by atoms with Crippen LogP contribution in [0.4, 0.5) is 4.39 Å². The summed E-state index contributed by atoms with van der Waals surface area (Å²) in [5.41, 5.74) is -0.937. The Bertz CT molecular complexity index is 1070. The van der Waals surface area contributed by atoms with Crippen LogP contribution in [0.3, 0.4) is 0 Å². The molecule has 1 aliphatic rings. The summed E-state index contributed by atoms with van der Waals surface area (Å²) in [6, 6.07) is 3.75. The highest BCUT2D eigenvalue weighted by Gasteiger charge is 2.37. The third-order valence-corrected chi connectivity index (χ3v) is 5.88. The standard InChI is InChI=1S/C21H22Cl2FN3O4/c1-11-8-14(25-7-3-6-22)18-16(20(30)19(29)15(10-28)27(11)18)21(31)26-9-12-4-2-5-13(23)17(12)24/h2,4-5,10-11,14,25,29H,3,6-9H2,1H3,(H,26,31)/t11-,14?/m1/s1. The topological polar surface area (TPSA) is 100 Å². The molecule has 1 unspecified atom stereocenters. The van der Waals surface area contributed by atoms with Crippen molar-refractivity contribution in [2.75, 3.05) is 12.4 Å². The molecular weight excluding hydrogens is 448 g/mol. The van der Waals surface area contributed by atoms with Gasteiger partial charge in [0, 0.05) is 24.0 Å². The van der Waals surface area contributed by atoms with Crippen LogP contribution in [0.1, 0.15) is 64.0 Å². The molecule has 0 bridgehead atoms. The molecule has 0 saturated carbocycles. The van der Waals surface area contributed by atoms with Crippen molar-refractivity contribution in [3.05, 3.63) is 61.8 Å². The monoisotopic (exact) mass is 469 g/mol. The van der Waals surface area contributed by atoms with Crippen molar-refractivity contribution in [3.63, 3.8) is 0 Å². The molecule has 2 aromatic rings. The van der Waals surface area contributed by atoms with Gasteiger partial charge in [-0.05, 0) is 32.4 Å². The van der Waals surface area contributed by atoms with E-state index >= 15 is 0 Å². The Morgan fingerprint density at radius 2 is 2.16 bits per heavy atom. The minimum atomic E-state index is -0.948. The van der Waals surface area contributed by atoms with Crippen LogP contribution in [0.25, 0.3) is 0 Å². The number of benzene rings is 1. The molecule has 3 rings (SSSR count). The molecule has 2 atom stereocenters. The zero-order chi connectivity index (χ0) is 22.7. The van der Waals surface area contributed by atoms with Crippen LogP contribution in [-0.2, 0) is 6.54 Å². The van der Waals surface area contributed by atoms with Gasteiger partial charge < -0.3 is 20.3 Å². The molecule has 1 aliphatic heterocycles. The van der Waals surface area contributed by atoms with Crippen LogP contribution in [0.15, 0.2) is 23.0 Å². The maximum atomic E-state index is 14.2. The predicted molar refractivity (Wildman–Crippen MR) is 116 cm³/mol. The number of fused-ring (bicyclic) bond motifs is 1. The van der Waals surface area contributed by atoms with Crippen molar-refractivity contribution in [1.29, 1.82) is 0 Å². The van der Waals surface area contributed by atoms with E-state index in [2.05, 4.69) is 10.6 Å². The van der Waals surface area contributed by atoms with E-state index in [1.165, 1.54) is 16.7 Å². The summed E-state index contributed by atoms with van der Waals surface area (Å²) in [5.74, 6) is -1.79. The maximum absolute atomic E-state index is 14.2. The fourth-order valence-electron chi connectivity index (χ4n) is 3.89. The first-order chi connectivity index (χ1) is 14.8. The molecule has 1 amide bonds. The lowest BCUT2D eigenvalue weighted by Gasteiger charge is -2.19. The number of hydrogen-bond acceptors (Lipinski definition) is 5. The number of alkyl halides is 1. The van der Waals surface area contributed by atoms with E-state index in [0.29, 0.717) is 37.2 Å². The quantitative estimate of drug-likeness (QED) is 0.312. The zero-order valence-corrected chi connectivity index (χ0v) is 18.3. The minimum Gasteiger partial charge on any atom is -0.503 e. The highest BCUT2D eigenvalue weighted by Crippen LogP contribution is 2.38. The number of aromatic hydroxyl groups is 1. The van der Waals surface area contributed by atoms with Crippen molar-refractivity contribution in [2.45, 2.75) is 38.4 Å². The average molecular weight is 470 g/mol. The van der Waals surface area contributed by atoms with E-state index in [1.54, 1.807) is 6.07 Å². The smallest absolute Gasteiger partial charge is 0.257 e. The van der Waals surface area contributed by atoms with E-state index in [9.17, 15) is 23.9 Å². The lowest BCUT2D eigenvalue weighted by atomic mass is 10.0. The van der Waals surface area contributed by atoms with Gasteiger partial charge >= 0.3 is 0 Å². The van der Waals surface area contributed by atoms with Gasteiger partial charge in [-0.3, -0.25) is 14.4 Å². The van der Waals surface area contributed by atoms with Gasteiger partial charge in [-0.25, -0.2) is 4.39 Å². The van der Waals surface area contributed by atoms with E-state index in [1.807, 2.05) is 6.92 Å². The second-order valence-electron chi connectivity index (χ2n) is 7.34. The molecule has 31 heavy (non-hydrogen) atoms. The number of carbonyl (C=O) groups is 2. The number of pyridine rings is 1. The number of nitrogens with one attached hydrogen (secondary N) is 2. The van der Waals surface area contributed by atoms with E-state index in [4.69, 9.17) is 23.2 Å². The number of halogens is 3. The molecule has 0 saturated heterocycles. The van der Waals surface area contributed by atoms with Crippen molar-refractivity contribution in [3.8, 4) is 5.75 Å². The molecular formula is C21H22Cl2FN3O4. The Morgan fingerprint density at radius 1 is 1.42 bits per heavy atom. The van der Waals surface area contributed by atoms with Gasteiger partial charge in [-0.1, -0.05) is 23.7 Å². The van der Waals surface area contributed by atoms with Crippen LogP contribution in [0, 0.1) is 5.82 Å². The predicted octanol–water partition coefficient (Wildman–Crippen LogP) is 3.31. The average Bonchev–Trinajstić information content (AvgIpc) is 3.06. The Morgan fingerprint density at radius 3 is 2.84 bits per heavy atom. The Hall–Kier alpha value is -2.42. The fraction of sp³-hybridized carbons (Fsp3) is 0.381. The third kappa shape index (κ3) is 4.46. The number of nitrogens with zero attached hydrogens (tertiary/aromatic N) is 1. The highest BCUT2D eigenvalue weighted by molar-refractivity contribution is 6.30. The van der Waals surface area contributed by atoms with Crippen molar-refractivity contribution >= 4 is 35.4 Å². The largest absolute Gasteiger partial charge is 0.503 e. The van der Waals surface area contributed by atoms with Crippen LogP contribution in [-0.4, -0.2) is 34.3 Å².